The van der Waals surface area contributed by atoms with E-state index in [2.05, 4.69) is 66.3 Å². The molecule has 3 aromatic rings. The van der Waals surface area contributed by atoms with Crippen molar-refractivity contribution >= 4 is 23.5 Å². The van der Waals surface area contributed by atoms with Gasteiger partial charge in [0.2, 0.25) is 0 Å². The molecule has 0 spiro atoms. The van der Waals surface area contributed by atoms with E-state index in [1.165, 1.54) is 6.42 Å². The van der Waals surface area contributed by atoms with Gasteiger partial charge in [0, 0.05) is 18.1 Å². The van der Waals surface area contributed by atoms with Gasteiger partial charge in [-0.1, -0.05) is 52.3 Å². The topological polar surface area (TPSA) is 79.8 Å². The number of aromatic nitrogens is 3. The fourth-order valence-electron chi connectivity index (χ4n) is 3.08. The lowest BCUT2D eigenvalue weighted by Gasteiger charge is -2.17. The zero-order valence-electron chi connectivity index (χ0n) is 21.4. The normalized spacial score (nSPS) is 11.6. The van der Waals surface area contributed by atoms with Crippen LogP contribution in [0.1, 0.15) is 80.0 Å². The van der Waals surface area contributed by atoms with Crippen molar-refractivity contribution in [3.05, 3.63) is 83.1 Å². The molecule has 1 aromatic carbocycles. The zero-order valence-corrected chi connectivity index (χ0v) is 21.4. The van der Waals surface area contributed by atoms with Gasteiger partial charge in [-0.3, -0.25) is 14.8 Å². The van der Waals surface area contributed by atoms with Crippen LogP contribution in [0, 0.1) is 19.8 Å². The number of carbonyl (C=O) groups is 1. The number of aryl methyl sites for hydroxylation is 2. The number of hydrogen-bond donors (Lipinski definition) is 2. The first kappa shape index (κ1) is 26.7. The molecule has 6 nitrogen and oxygen atoms in total. The minimum absolute atomic E-state index is 0.0109. The second-order valence-corrected chi connectivity index (χ2v) is 8.73. The van der Waals surface area contributed by atoms with Crippen molar-refractivity contribution in [3.8, 4) is 0 Å². The third kappa shape index (κ3) is 8.43. The molecular formula is C28H37N5O. The van der Waals surface area contributed by atoms with Crippen LogP contribution in [0.25, 0.3) is 6.08 Å². The third-order valence-corrected chi connectivity index (χ3v) is 4.77. The molecule has 0 aliphatic carbocycles. The zero-order chi connectivity index (χ0) is 25.1. The Labute approximate surface area is 204 Å². The number of hydrogen-bond acceptors (Lipinski definition) is 5. The standard InChI is InChI=1S/C25H29N5O.C3H8/c1-16(2)9-10-23-19(5)29-24(15-27-23)28-18(4)20-7-6-8-22(12-20)30-25(31)21-11-17(3)13-26-14-21;1-3-2/h6-16,18H,1-5H3,(H,28,29)(H,30,31);3H2,1-2H3/b10-9-;. The number of amides is 1. The summed E-state index contributed by atoms with van der Waals surface area (Å²) in [5.41, 5.74) is 5.00. The predicted octanol–water partition coefficient (Wildman–Crippen LogP) is 7.00. The van der Waals surface area contributed by atoms with Crippen molar-refractivity contribution in [2.75, 3.05) is 10.6 Å². The van der Waals surface area contributed by atoms with Crippen LogP contribution in [0.15, 0.2) is 55.0 Å². The highest BCUT2D eigenvalue weighted by molar-refractivity contribution is 6.04. The van der Waals surface area contributed by atoms with E-state index in [9.17, 15) is 4.79 Å². The molecule has 3 rings (SSSR count). The second kappa shape index (κ2) is 13.2. The molecule has 2 N–H and O–H groups in total. The van der Waals surface area contributed by atoms with Gasteiger partial charge in [-0.05, 0) is 62.1 Å². The van der Waals surface area contributed by atoms with Crippen LogP contribution >= 0.6 is 0 Å². The van der Waals surface area contributed by atoms with Gasteiger partial charge in [0.15, 0.2) is 0 Å². The van der Waals surface area contributed by atoms with Gasteiger partial charge >= 0.3 is 0 Å². The summed E-state index contributed by atoms with van der Waals surface area (Å²) in [4.78, 5) is 25.8. The molecule has 0 aliphatic heterocycles. The SMILES string of the molecule is CCC.Cc1cncc(C(=O)Nc2cccc(C(C)Nc3cnc(/C=C\C(C)C)c(C)n3)c2)c1. The van der Waals surface area contributed by atoms with E-state index in [1.807, 2.05) is 50.3 Å². The van der Waals surface area contributed by atoms with Crippen molar-refractivity contribution in [1.82, 2.24) is 15.0 Å². The van der Waals surface area contributed by atoms with Gasteiger partial charge in [-0.25, -0.2) is 4.98 Å². The molecule has 34 heavy (non-hydrogen) atoms. The molecule has 0 saturated heterocycles. The summed E-state index contributed by atoms with van der Waals surface area (Å²) < 4.78 is 0. The van der Waals surface area contributed by atoms with Gasteiger partial charge in [-0.15, -0.1) is 0 Å². The monoisotopic (exact) mass is 459 g/mol. The molecule has 2 heterocycles. The van der Waals surface area contributed by atoms with Crippen LogP contribution in [-0.4, -0.2) is 20.9 Å². The maximum atomic E-state index is 12.5. The molecule has 0 aliphatic rings. The summed E-state index contributed by atoms with van der Waals surface area (Å²) in [6.45, 7) is 14.4. The fraction of sp³-hybridized carbons (Fsp3) is 0.357. The number of rotatable bonds is 7. The summed E-state index contributed by atoms with van der Waals surface area (Å²) in [6.07, 6.45) is 10.4. The Morgan fingerprint density at radius 1 is 1.06 bits per heavy atom. The Kier molecular flexibility index (Phi) is 10.4. The average Bonchev–Trinajstić information content (AvgIpc) is 2.79. The largest absolute Gasteiger partial charge is 0.362 e. The van der Waals surface area contributed by atoms with Crippen LogP contribution < -0.4 is 10.6 Å². The number of anilines is 2. The smallest absolute Gasteiger partial charge is 0.257 e. The van der Waals surface area contributed by atoms with Gasteiger partial charge in [-0.2, -0.15) is 0 Å². The average molecular weight is 460 g/mol. The molecular weight excluding hydrogens is 422 g/mol. The molecule has 0 saturated carbocycles. The van der Waals surface area contributed by atoms with Crippen LogP contribution in [0.5, 0.6) is 0 Å². The second-order valence-electron chi connectivity index (χ2n) is 8.73. The molecule has 1 amide bonds. The summed E-state index contributed by atoms with van der Waals surface area (Å²) in [5.74, 6) is 1.00. The highest BCUT2D eigenvalue weighted by Gasteiger charge is 2.11. The van der Waals surface area contributed by atoms with Gasteiger partial charge in [0.05, 0.1) is 29.2 Å². The first-order valence-corrected chi connectivity index (χ1v) is 11.8. The lowest BCUT2D eigenvalue weighted by Crippen LogP contribution is -2.13. The minimum Gasteiger partial charge on any atom is -0.362 e. The molecule has 1 atom stereocenters. The molecule has 6 heteroatoms. The van der Waals surface area contributed by atoms with E-state index in [0.717, 1.165) is 28.2 Å². The van der Waals surface area contributed by atoms with Crippen molar-refractivity contribution < 1.29 is 4.79 Å². The number of pyridine rings is 1. The molecule has 1 unspecified atom stereocenters. The molecule has 0 radical (unpaired) electrons. The summed E-state index contributed by atoms with van der Waals surface area (Å²) in [6, 6.07) is 9.58. The lowest BCUT2D eigenvalue weighted by molar-refractivity contribution is 0.102. The number of benzene rings is 1. The first-order valence-electron chi connectivity index (χ1n) is 11.8. The maximum absolute atomic E-state index is 12.5. The molecule has 2 aromatic heterocycles. The summed E-state index contributed by atoms with van der Waals surface area (Å²) >= 11 is 0. The van der Waals surface area contributed by atoms with Gasteiger partial charge < -0.3 is 10.6 Å². The Morgan fingerprint density at radius 3 is 2.44 bits per heavy atom. The Bertz CT molecular complexity index is 1110. The highest BCUT2D eigenvalue weighted by atomic mass is 16.1. The minimum atomic E-state index is -0.180. The van der Waals surface area contributed by atoms with Crippen molar-refractivity contribution in [2.24, 2.45) is 5.92 Å². The summed E-state index contributed by atoms with van der Waals surface area (Å²) in [7, 11) is 0. The number of carbonyl (C=O) groups excluding carboxylic acids is 1. The molecule has 0 bridgehead atoms. The van der Waals surface area contributed by atoms with Crippen LogP contribution in [0.2, 0.25) is 0 Å². The van der Waals surface area contributed by atoms with Crippen LogP contribution in [0.3, 0.4) is 0 Å². The molecule has 0 fully saturated rings. The summed E-state index contributed by atoms with van der Waals surface area (Å²) in [5, 5.41) is 6.33. The lowest BCUT2D eigenvalue weighted by atomic mass is 10.1. The first-order chi connectivity index (χ1) is 16.2. The quantitative estimate of drug-likeness (QED) is 0.398. The third-order valence-electron chi connectivity index (χ3n) is 4.77. The number of allylic oxidation sites excluding steroid dienone is 1. The van der Waals surface area contributed by atoms with Gasteiger partial charge in [0.25, 0.3) is 5.91 Å². The number of nitrogens with zero attached hydrogens (tertiary/aromatic N) is 3. The van der Waals surface area contributed by atoms with E-state index in [0.29, 0.717) is 17.3 Å². The van der Waals surface area contributed by atoms with E-state index < -0.39 is 0 Å². The fourth-order valence-corrected chi connectivity index (χ4v) is 3.08. The van der Waals surface area contributed by atoms with E-state index in [4.69, 9.17) is 0 Å². The Balaban J connectivity index is 0.00000129. The Hall–Kier alpha value is -3.54. The van der Waals surface area contributed by atoms with Crippen molar-refractivity contribution in [3.63, 3.8) is 0 Å². The maximum Gasteiger partial charge on any atom is 0.257 e. The Morgan fingerprint density at radius 2 is 1.79 bits per heavy atom. The van der Waals surface area contributed by atoms with E-state index in [-0.39, 0.29) is 11.9 Å². The van der Waals surface area contributed by atoms with Crippen molar-refractivity contribution in [1.29, 1.82) is 0 Å². The van der Waals surface area contributed by atoms with Crippen LogP contribution in [0.4, 0.5) is 11.5 Å². The van der Waals surface area contributed by atoms with Crippen molar-refractivity contribution in [2.45, 2.75) is 60.9 Å². The van der Waals surface area contributed by atoms with E-state index in [1.54, 1.807) is 18.6 Å². The highest BCUT2D eigenvalue weighted by Crippen LogP contribution is 2.22. The van der Waals surface area contributed by atoms with Crippen LogP contribution in [-0.2, 0) is 0 Å². The van der Waals surface area contributed by atoms with Gasteiger partial charge in [0.1, 0.15) is 5.82 Å². The molecule has 180 valence electrons. The predicted molar refractivity (Wildman–Crippen MR) is 142 cm³/mol. The van der Waals surface area contributed by atoms with E-state index >= 15 is 0 Å². The number of nitrogens with one attached hydrogen (secondary N) is 2.